The minimum atomic E-state index is -3.54. The van der Waals surface area contributed by atoms with Crippen molar-refractivity contribution in [2.24, 2.45) is 0 Å². The molecule has 0 heterocycles. The highest BCUT2D eigenvalue weighted by Gasteiger charge is 2.19. The highest BCUT2D eigenvalue weighted by Crippen LogP contribution is 2.26. The van der Waals surface area contributed by atoms with E-state index in [1.54, 1.807) is 54.6 Å². The molecule has 9 heteroatoms. The molecule has 0 unspecified atom stereocenters. The van der Waals surface area contributed by atoms with Crippen LogP contribution in [0.15, 0.2) is 77.3 Å². The SMILES string of the molecule is CS(=O)(=O)N(Cc1ccccc1Cl)c1ccc(OCC(=O)Nc2ccccc2Br)cc1. The molecule has 0 saturated carbocycles. The van der Waals surface area contributed by atoms with Gasteiger partial charge in [0.15, 0.2) is 6.61 Å². The Morgan fingerprint density at radius 2 is 1.68 bits per heavy atom. The van der Waals surface area contributed by atoms with Crippen LogP contribution in [0.1, 0.15) is 5.56 Å². The summed E-state index contributed by atoms with van der Waals surface area (Å²) in [6.45, 7) is -0.0802. The van der Waals surface area contributed by atoms with Crippen molar-refractivity contribution in [1.29, 1.82) is 0 Å². The Labute approximate surface area is 195 Å². The van der Waals surface area contributed by atoms with Crippen molar-refractivity contribution in [3.63, 3.8) is 0 Å². The van der Waals surface area contributed by atoms with Gasteiger partial charge in [0.1, 0.15) is 5.75 Å². The van der Waals surface area contributed by atoms with E-state index in [1.165, 1.54) is 4.31 Å². The fraction of sp³-hybridized carbons (Fsp3) is 0.136. The van der Waals surface area contributed by atoms with Crippen LogP contribution < -0.4 is 14.4 Å². The first-order valence-corrected chi connectivity index (χ1v) is 12.2. The molecule has 0 saturated heterocycles. The number of hydrogen-bond donors (Lipinski definition) is 1. The van der Waals surface area contributed by atoms with Crippen LogP contribution in [0.4, 0.5) is 11.4 Å². The van der Waals surface area contributed by atoms with Crippen molar-refractivity contribution >= 4 is 54.8 Å². The Bertz CT molecular complexity index is 1170. The molecule has 31 heavy (non-hydrogen) atoms. The molecule has 0 fully saturated rings. The molecule has 0 bridgehead atoms. The monoisotopic (exact) mass is 522 g/mol. The summed E-state index contributed by atoms with van der Waals surface area (Å²) in [5.74, 6) is 0.129. The molecular formula is C22H20BrClN2O4S. The average molecular weight is 524 g/mol. The van der Waals surface area contributed by atoms with Gasteiger partial charge in [0.05, 0.1) is 24.2 Å². The van der Waals surface area contributed by atoms with Gasteiger partial charge in [-0.25, -0.2) is 8.42 Å². The number of sulfonamides is 1. The number of para-hydroxylation sites is 1. The van der Waals surface area contributed by atoms with Gasteiger partial charge < -0.3 is 10.1 Å². The predicted molar refractivity (Wildman–Crippen MR) is 127 cm³/mol. The van der Waals surface area contributed by atoms with Crippen molar-refractivity contribution in [3.05, 3.63) is 87.9 Å². The van der Waals surface area contributed by atoms with E-state index < -0.39 is 10.0 Å². The molecule has 0 aliphatic carbocycles. The first kappa shape index (κ1) is 23.1. The highest BCUT2D eigenvalue weighted by atomic mass is 79.9. The molecule has 0 aliphatic rings. The molecule has 6 nitrogen and oxygen atoms in total. The molecule has 0 aliphatic heterocycles. The van der Waals surface area contributed by atoms with Crippen LogP contribution in [0.3, 0.4) is 0 Å². The molecule has 1 N–H and O–H groups in total. The van der Waals surface area contributed by atoms with Gasteiger partial charge in [0.2, 0.25) is 10.0 Å². The third-order valence-corrected chi connectivity index (χ3v) is 6.52. The fourth-order valence-electron chi connectivity index (χ4n) is 2.79. The summed E-state index contributed by atoms with van der Waals surface area (Å²) >= 11 is 9.56. The molecule has 0 spiro atoms. The zero-order valence-electron chi connectivity index (χ0n) is 16.6. The number of carbonyl (C=O) groups excluding carboxylic acids is 1. The lowest BCUT2D eigenvalue weighted by Crippen LogP contribution is -2.29. The Hall–Kier alpha value is -2.55. The molecule has 0 atom stereocenters. The topological polar surface area (TPSA) is 75.7 Å². The first-order chi connectivity index (χ1) is 14.7. The summed E-state index contributed by atoms with van der Waals surface area (Å²) in [6.07, 6.45) is 1.14. The first-order valence-electron chi connectivity index (χ1n) is 9.22. The van der Waals surface area contributed by atoms with Gasteiger partial charge in [-0.2, -0.15) is 0 Å². The van der Waals surface area contributed by atoms with Crippen LogP contribution in [-0.2, 0) is 21.4 Å². The van der Waals surface area contributed by atoms with Gasteiger partial charge in [-0.1, -0.05) is 41.9 Å². The molecular weight excluding hydrogens is 504 g/mol. The maximum absolute atomic E-state index is 12.3. The van der Waals surface area contributed by atoms with Crippen LogP contribution in [0.5, 0.6) is 5.75 Å². The third-order valence-electron chi connectivity index (χ3n) is 4.31. The van der Waals surface area contributed by atoms with Gasteiger partial charge in [-0.05, 0) is 64.0 Å². The number of ether oxygens (including phenoxy) is 1. The van der Waals surface area contributed by atoms with E-state index in [-0.39, 0.29) is 19.1 Å². The lowest BCUT2D eigenvalue weighted by atomic mass is 10.2. The lowest BCUT2D eigenvalue weighted by molar-refractivity contribution is -0.118. The standard InChI is InChI=1S/C22H20BrClN2O4S/c1-31(28,29)26(14-16-6-2-4-8-20(16)24)17-10-12-18(13-11-17)30-15-22(27)25-21-9-5-3-7-19(21)23/h2-13H,14-15H2,1H3,(H,25,27). The van der Waals surface area contributed by atoms with Crippen LogP contribution in [0, 0.1) is 0 Å². The van der Waals surface area contributed by atoms with Crippen LogP contribution in [0.25, 0.3) is 0 Å². The summed E-state index contributed by atoms with van der Waals surface area (Å²) in [5.41, 5.74) is 1.81. The predicted octanol–water partition coefficient (Wildman–Crippen LogP) is 5.09. The number of nitrogens with zero attached hydrogens (tertiary/aromatic N) is 1. The quantitative estimate of drug-likeness (QED) is 0.446. The number of anilines is 2. The molecule has 1 amide bonds. The highest BCUT2D eigenvalue weighted by molar-refractivity contribution is 9.10. The Balaban J connectivity index is 1.66. The van der Waals surface area contributed by atoms with Crippen LogP contribution in [0.2, 0.25) is 5.02 Å². The second-order valence-corrected chi connectivity index (χ2v) is 9.84. The normalized spacial score (nSPS) is 11.1. The van der Waals surface area contributed by atoms with E-state index >= 15 is 0 Å². The zero-order valence-corrected chi connectivity index (χ0v) is 19.7. The van der Waals surface area contributed by atoms with E-state index in [2.05, 4.69) is 21.2 Å². The second-order valence-electron chi connectivity index (χ2n) is 6.67. The molecule has 0 radical (unpaired) electrons. The molecule has 3 aromatic rings. The number of halogens is 2. The summed E-state index contributed by atoms with van der Waals surface area (Å²) in [5, 5.41) is 3.24. The zero-order chi connectivity index (χ0) is 22.4. The molecule has 3 aromatic carbocycles. The van der Waals surface area contributed by atoms with Crippen molar-refractivity contribution in [3.8, 4) is 5.75 Å². The lowest BCUT2D eigenvalue weighted by Gasteiger charge is -2.23. The Morgan fingerprint density at radius 1 is 1.03 bits per heavy atom. The van der Waals surface area contributed by atoms with Crippen molar-refractivity contribution in [1.82, 2.24) is 0 Å². The smallest absolute Gasteiger partial charge is 0.262 e. The average Bonchev–Trinajstić information content (AvgIpc) is 2.73. The number of nitrogens with one attached hydrogen (secondary N) is 1. The summed E-state index contributed by atoms with van der Waals surface area (Å²) in [7, 11) is -3.54. The van der Waals surface area contributed by atoms with E-state index in [9.17, 15) is 13.2 Å². The molecule has 3 rings (SSSR count). The second kappa shape index (κ2) is 10.2. The van der Waals surface area contributed by atoms with Crippen molar-refractivity contribution < 1.29 is 17.9 Å². The van der Waals surface area contributed by atoms with Gasteiger partial charge in [-0.3, -0.25) is 9.10 Å². The van der Waals surface area contributed by atoms with E-state index in [0.29, 0.717) is 27.7 Å². The number of amides is 1. The molecule has 162 valence electrons. The summed E-state index contributed by atoms with van der Waals surface area (Å²) in [6, 6.07) is 20.8. The van der Waals surface area contributed by atoms with Gasteiger partial charge in [0, 0.05) is 9.50 Å². The third kappa shape index (κ3) is 6.46. The fourth-order valence-corrected chi connectivity index (χ4v) is 4.25. The summed E-state index contributed by atoms with van der Waals surface area (Å²) in [4.78, 5) is 12.1. The van der Waals surface area contributed by atoms with Gasteiger partial charge in [0.25, 0.3) is 5.91 Å². The van der Waals surface area contributed by atoms with Crippen molar-refractivity contribution in [2.45, 2.75) is 6.54 Å². The largest absolute Gasteiger partial charge is 0.484 e. The number of hydrogen-bond acceptors (Lipinski definition) is 4. The summed E-state index contributed by atoms with van der Waals surface area (Å²) < 4.78 is 32.2. The van der Waals surface area contributed by atoms with Crippen LogP contribution >= 0.6 is 27.5 Å². The number of carbonyl (C=O) groups is 1. The van der Waals surface area contributed by atoms with E-state index in [4.69, 9.17) is 16.3 Å². The number of benzene rings is 3. The van der Waals surface area contributed by atoms with Gasteiger partial charge >= 0.3 is 0 Å². The maximum atomic E-state index is 12.3. The van der Waals surface area contributed by atoms with Crippen LogP contribution in [-0.4, -0.2) is 27.2 Å². The maximum Gasteiger partial charge on any atom is 0.262 e. The minimum absolute atomic E-state index is 0.104. The van der Waals surface area contributed by atoms with Crippen molar-refractivity contribution in [2.75, 3.05) is 22.5 Å². The molecule has 0 aromatic heterocycles. The van der Waals surface area contributed by atoms with E-state index in [1.807, 2.05) is 18.2 Å². The Morgan fingerprint density at radius 3 is 2.32 bits per heavy atom. The minimum Gasteiger partial charge on any atom is -0.484 e. The Kier molecular flexibility index (Phi) is 7.59. The number of rotatable bonds is 8. The van der Waals surface area contributed by atoms with E-state index in [0.717, 1.165) is 10.7 Å². The van der Waals surface area contributed by atoms with Gasteiger partial charge in [-0.15, -0.1) is 0 Å².